The highest BCUT2D eigenvalue weighted by molar-refractivity contribution is 5.77. The van der Waals surface area contributed by atoms with E-state index in [0.29, 0.717) is 5.69 Å². The Balaban J connectivity index is 2.78. The first-order valence-electron chi connectivity index (χ1n) is 6.74. The molecular formula is C15H22N2O4. The number of nitrogens with one attached hydrogen (secondary N) is 1. The summed E-state index contributed by atoms with van der Waals surface area (Å²) >= 11 is 0. The van der Waals surface area contributed by atoms with E-state index in [1.54, 1.807) is 52.8 Å². The van der Waals surface area contributed by atoms with Gasteiger partial charge in [0.05, 0.1) is 10.3 Å². The van der Waals surface area contributed by atoms with Gasteiger partial charge < -0.3 is 10.1 Å². The molecule has 1 aromatic carbocycles. The number of ether oxygens (including phenoxy) is 1. The molecule has 0 unspecified atom stereocenters. The van der Waals surface area contributed by atoms with Crippen molar-refractivity contribution in [1.29, 1.82) is 0 Å². The fourth-order valence-corrected chi connectivity index (χ4v) is 1.59. The lowest BCUT2D eigenvalue weighted by molar-refractivity contribution is -0.384. The highest BCUT2D eigenvalue weighted by Crippen LogP contribution is 2.27. The molecule has 1 aromatic rings. The van der Waals surface area contributed by atoms with Gasteiger partial charge in [-0.2, -0.15) is 0 Å². The molecule has 0 saturated heterocycles. The van der Waals surface area contributed by atoms with Gasteiger partial charge in [-0.05, 0) is 40.7 Å². The van der Waals surface area contributed by atoms with Crippen LogP contribution in [0.2, 0.25) is 0 Å². The zero-order valence-corrected chi connectivity index (χ0v) is 13.1. The Morgan fingerprint density at radius 3 is 2.33 bits per heavy atom. The Morgan fingerprint density at radius 1 is 1.24 bits per heavy atom. The lowest BCUT2D eigenvalue weighted by atomic mass is 9.93. The molecule has 0 spiro atoms. The monoisotopic (exact) mass is 294 g/mol. The number of hydrogen-bond donors (Lipinski definition) is 1. The maximum absolute atomic E-state index is 12.1. The number of nitro benzene ring substituents is 1. The molecule has 116 valence electrons. The Kier molecular flexibility index (Phi) is 4.93. The zero-order valence-electron chi connectivity index (χ0n) is 13.1. The van der Waals surface area contributed by atoms with Crippen molar-refractivity contribution in [3.05, 3.63) is 34.4 Å². The Bertz CT molecular complexity index is 533. The van der Waals surface area contributed by atoms with Gasteiger partial charge in [0.2, 0.25) is 0 Å². The Labute approximate surface area is 124 Å². The number of benzene rings is 1. The molecule has 6 heteroatoms. The van der Waals surface area contributed by atoms with Crippen molar-refractivity contribution in [3.8, 4) is 0 Å². The normalized spacial score (nSPS) is 11.9. The number of hydrogen-bond acceptors (Lipinski definition) is 5. The van der Waals surface area contributed by atoms with E-state index in [4.69, 9.17) is 4.74 Å². The summed E-state index contributed by atoms with van der Waals surface area (Å²) in [5.41, 5.74) is -0.985. The van der Waals surface area contributed by atoms with Gasteiger partial charge >= 0.3 is 5.97 Å². The summed E-state index contributed by atoms with van der Waals surface area (Å²) in [4.78, 5) is 22.6. The molecule has 0 amide bonds. The average Bonchev–Trinajstić information content (AvgIpc) is 2.34. The summed E-state index contributed by atoms with van der Waals surface area (Å²) in [5.74, 6) is -0.346. The topological polar surface area (TPSA) is 81.5 Å². The fraction of sp³-hybridized carbons (Fsp3) is 0.533. The van der Waals surface area contributed by atoms with Gasteiger partial charge in [-0.1, -0.05) is 12.1 Å². The third-order valence-electron chi connectivity index (χ3n) is 2.77. The maximum Gasteiger partial charge on any atom is 0.313 e. The smallest absolute Gasteiger partial charge is 0.313 e. The van der Waals surface area contributed by atoms with Crippen molar-refractivity contribution in [1.82, 2.24) is 0 Å². The molecule has 0 saturated carbocycles. The molecule has 1 N–H and O–H groups in total. The van der Waals surface area contributed by atoms with Crippen LogP contribution in [-0.2, 0) is 9.53 Å². The minimum atomic E-state index is -0.795. The van der Waals surface area contributed by atoms with E-state index in [9.17, 15) is 14.9 Å². The average molecular weight is 294 g/mol. The number of rotatable bonds is 5. The molecule has 0 aliphatic rings. The van der Waals surface area contributed by atoms with Crippen LogP contribution in [-0.4, -0.2) is 23.0 Å². The Morgan fingerprint density at radius 2 is 1.81 bits per heavy atom. The van der Waals surface area contributed by atoms with E-state index in [0.717, 1.165) is 0 Å². The number of esters is 1. The third kappa shape index (κ3) is 5.06. The summed E-state index contributed by atoms with van der Waals surface area (Å²) in [6.45, 7) is 9.13. The van der Waals surface area contributed by atoms with Crippen molar-refractivity contribution in [2.24, 2.45) is 5.41 Å². The van der Waals surface area contributed by atoms with Crippen LogP contribution in [0, 0.1) is 15.5 Å². The van der Waals surface area contributed by atoms with Crippen LogP contribution < -0.4 is 5.32 Å². The van der Waals surface area contributed by atoms with Crippen LogP contribution in [0.1, 0.15) is 34.6 Å². The van der Waals surface area contributed by atoms with Crippen LogP contribution in [0.15, 0.2) is 24.3 Å². The molecule has 0 bridgehead atoms. The largest absolute Gasteiger partial charge is 0.460 e. The number of nitro groups is 1. The number of carbonyl (C=O) groups is 1. The second-order valence-corrected chi connectivity index (χ2v) is 6.51. The Hall–Kier alpha value is -2.11. The van der Waals surface area contributed by atoms with Gasteiger partial charge in [0.25, 0.3) is 5.69 Å². The fourth-order valence-electron chi connectivity index (χ4n) is 1.59. The lowest BCUT2D eigenvalue weighted by Gasteiger charge is -2.28. The van der Waals surface area contributed by atoms with Crippen LogP contribution in [0.4, 0.5) is 11.4 Å². The van der Waals surface area contributed by atoms with Crippen LogP contribution >= 0.6 is 0 Å². The van der Waals surface area contributed by atoms with Crippen LogP contribution in [0.25, 0.3) is 0 Å². The molecule has 0 aliphatic carbocycles. The first-order valence-corrected chi connectivity index (χ1v) is 6.74. The molecule has 1 rings (SSSR count). The van der Waals surface area contributed by atoms with Crippen molar-refractivity contribution >= 4 is 17.3 Å². The number of para-hydroxylation sites is 2. The molecule has 21 heavy (non-hydrogen) atoms. The summed E-state index contributed by atoms with van der Waals surface area (Å²) in [5, 5.41) is 13.9. The molecule has 0 fully saturated rings. The number of carbonyl (C=O) groups excluding carboxylic acids is 1. The first kappa shape index (κ1) is 16.9. The SMILES string of the molecule is CC(C)(C)OC(=O)C(C)(C)CNc1ccccc1[N+](=O)[O-]. The summed E-state index contributed by atoms with van der Waals surface area (Å²) in [6.07, 6.45) is 0. The van der Waals surface area contributed by atoms with E-state index in [2.05, 4.69) is 5.32 Å². The minimum absolute atomic E-state index is 0.0162. The molecule has 0 radical (unpaired) electrons. The van der Waals surface area contributed by atoms with E-state index in [-0.39, 0.29) is 18.2 Å². The van der Waals surface area contributed by atoms with Gasteiger partial charge in [0, 0.05) is 12.6 Å². The van der Waals surface area contributed by atoms with Crippen molar-refractivity contribution in [3.63, 3.8) is 0 Å². The van der Waals surface area contributed by atoms with Crippen molar-refractivity contribution in [2.75, 3.05) is 11.9 Å². The van der Waals surface area contributed by atoms with E-state index in [1.807, 2.05) is 0 Å². The van der Waals surface area contributed by atoms with Gasteiger partial charge in [-0.15, -0.1) is 0 Å². The summed E-state index contributed by atoms with van der Waals surface area (Å²) in [7, 11) is 0. The van der Waals surface area contributed by atoms with Gasteiger partial charge in [-0.3, -0.25) is 14.9 Å². The second kappa shape index (κ2) is 6.11. The summed E-state index contributed by atoms with van der Waals surface area (Å²) in [6, 6.07) is 6.34. The second-order valence-electron chi connectivity index (χ2n) is 6.51. The molecule has 0 aromatic heterocycles. The highest BCUT2D eigenvalue weighted by atomic mass is 16.6. The lowest BCUT2D eigenvalue weighted by Crippen LogP contribution is -2.38. The van der Waals surface area contributed by atoms with Crippen LogP contribution in [0.5, 0.6) is 0 Å². The maximum atomic E-state index is 12.1. The minimum Gasteiger partial charge on any atom is -0.460 e. The molecule has 0 atom stereocenters. The van der Waals surface area contributed by atoms with Gasteiger partial charge in [-0.25, -0.2) is 0 Å². The summed E-state index contributed by atoms with van der Waals surface area (Å²) < 4.78 is 5.36. The first-order chi connectivity index (χ1) is 9.53. The number of anilines is 1. The standard InChI is InChI=1S/C15H22N2O4/c1-14(2,3)21-13(18)15(4,5)10-16-11-8-6-7-9-12(11)17(19)20/h6-9,16H,10H2,1-5H3. The molecular weight excluding hydrogens is 272 g/mol. The molecule has 6 nitrogen and oxygen atoms in total. The van der Waals surface area contributed by atoms with Crippen molar-refractivity contribution in [2.45, 2.75) is 40.2 Å². The van der Waals surface area contributed by atoms with Crippen LogP contribution in [0.3, 0.4) is 0 Å². The predicted molar refractivity (Wildman–Crippen MR) is 81.2 cm³/mol. The van der Waals surface area contributed by atoms with Gasteiger partial charge in [0.1, 0.15) is 11.3 Å². The quantitative estimate of drug-likeness (QED) is 0.511. The molecule has 0 aliphatic heterocycles. The highest BCUT2D eigenvalue weighted by Gasteiger charge is 2.32. The van der Waals surface area contributed by atoms with E-state index >= 15 is 0 Å². The zero-order chi connectivity index (χ0) is 16.3. The predicted octanol–water partition coefficient (Wildman–Crippen LogP) is 3.37. The third-order valence-corrected chi connectivity index (χ3v) is 2.77. The van der Waals surface area contributed by atoms with Crippen molar-refractivity contribution < 1.29 is 14.5 Å². The van der Waals surface area contributed by atoms with E-state index in [1.165, 1.54) is 6.07 Å². The van der Waals surface area contributed by atoms with Gasteiger partial charge in [0.15, 0.2) is 0 Å². The van der Waals surface area contributed by atoms with E-state index < -0.39 is 15.9 Å². The molecule has 0 heterocycles. The number of nitrogens with zero attached hydrogens (tertiary/aromatic N) is 1.